The van der Waals surface area contributed by atoms with E-state index < -0.39 is 10.0 Å². The molecule has 0 amide bonds. The summed E-state index contributed by atoms with van der Waals surface area (Å²) in [6.45, 7) is 6.50. The van der Waals surface area contributed by atoms with Gasteiger partial charge in [-0.3, -0.25) is 4.68 Å². The van der Waals surface area contributed by atoms with Crippen molar-refractivity contribution in [1.82, 2.24) is 14.5 Å². The number of hydrogen-bond acceptors (Lipinski definition) is 4. The van der Waals surface area contributed by atoms with Crippen LogP contribution in [0.2, 0.25) is 0 Å². The average molecular weight is 275 g/mol. The van der Waals surface area contributed by atoms with Crippen LogP contribution in [0.4, 0.5) is 0 Å². The van der Waals surface area contributed by atoms with Crippen LogP contribution in [0, 0.1) is 6.92 Å². The van der Waals surface area contributed by atoms with Crippen molar-refractivity contribution in [2.45, 2.75) is 38.1 Å². The van der Waals surface area contributed by atoms with Gasteiger partial charge in [-0.2, -0.15) is 5.10 Å². The first-order chi connectivity index (χ1) is 8.38. The third kappa shape index (κ3) is 3.79. The molecule has 7 heteroatoms. The number of aromatic nitrogens is 2. The molecule has 0 radical (unpaired) electrons. The van der Waals surface area contributed by atoms with Crippen LogP contribution in [0.5, 0.6) is 0 Å². The van der Waals surface area contributed by atoms with Crippen LogP contribution in [0.1, 0.15) is 32.0 Å². The van der Waals surface area contributed by atoms with Crippen LogP contribution in [-0.4, -0.2) is 38.5 Å². The summed E-state index contributed by atoms with van der Waals surface area (Å²) in [5.41, 5.74) is 0.517. The van der Waals surface area contributed by atoms with Crippen LogP contribution in [0.15, 0.2) is 11.1 Å². The number of nitrogens with one attached hydrogen (secondary N) is 1. The van der Waals surface area contributed by atoms with Crippen LogP contribution in [0.3, 0.4) is 0 Å². The van der Waals surface area contributed by atoms with Gasteiger partial charge in [0.1, 0.15) is 4.90 Å². The van der Waals surface area contributed by atoms with E-state index in [1.54, 1.807) is 24.9 Å². The second-order valence-corrected chi connectivity index (χ2v) is 6.13. The van der Waals surface area contributed by atoms with Gasteiger partial charge < -0.3 is 4.74 Å². The van der Waals surface area contributed by atoms with Crippen molar-refractivity contribution in [3.8, 4) is 0 Å². The van der Waals surface area contributed by atoms with Gasteiger partial charge in [0, 0.05) is 32.5 Å². The van der Waals surface area contributed by atoms with E-state index in [4.69, 9.17) is 4.74 Å². The molecule has 0 aliphatic carbocycles. The van der Waals surface area contributed by atoms with Crippen molar-refractivity contribution in [3.63, 3.8) is 0 Å². The predicted molar refractivity (Wildman–Crippen MR) is 69.0 cm³/mol. The second-order valence-electron chi connectivity index (χ2n) is 4.40. The number of sulfonamides is 1. The molecule has 0 unspecified atom stereocenters. The molecule has 0 bridgehead atoms. The van der Waals surface area contributed by atoms with Crippen molar-refractivity contribution in [3.05, 3.63) is 11.9 Å². The second kappa shape index (κ2) is 6.31. The summed E-state index contributed by atoms with van der Waals surface area (Å²) in [5, 5.41) is 4.19. The molecule has 0 atom stereocenters. The zero-order valence-corrected chi connectivity index (χ0v) is 12.1. The van der Waals surface area contributed by atoms with E-state index >= 15 is 0 Å². The molecule has 18 heavy (non-hydrogen) atoms. The number of rotatable bonds is 7. The standard InChI is InChI=1S/C11H21N3O3S/c1-9(2)14-8-11(10(3)13-14)18(15,16)12-6-5-7-17-4/h8-9,12H,5-7H2,1-4H3. The highest BCUT2D eigenvalue weighted by Crippen LogP contribution is 2.15. The lowest BCUT2D eigenvalue weighted by Crippen LogP contribution is -2.25. The fraction of sp³-hybridized carbons (Fsp3) is 0.727. The Labute approximate surface area is 108 Å². The van der Waals surface area contributed by atoms with Crippen LogP contribution in [-0.2, 0) is 14.8 Å². The lowest BCUT2D eigenvalue weighted by Gasteiger charge is -2.05. The Hall–Kier alpha value is -0.920. The van der Waals surface area contributed by atoms with Crippen molar-refractivity contribution in [2.75, 3.05) is 20.3 Å². The first-order valence-electron chi connectivity index (χ1n) is 5.93. The van der Waals surface area contributed by atoms with E-state index in [9.17, 15) is 8.42 Å². The highest BCUT2D eigenvalue weighted by atomic mass is 32.2. The van der Waals surface area contributed by atoms with Crippen LogP contribution in [0.25, 0.3) is 0 Å². The summed E-state index contributed by atoms with van der Waals surface area (Å²) in [5.74, 6) is 0. The number of hydrogen-bond donors (Lipinski definition) is 1. The molecule has 0 saturated carbocycles. The summed E-state index contributed by atoms with van der Waals surface area (Å²) in [6, 6.07) is 0.140. The lowest BCUT2D eigenvalue weighted by atomic mass is 10.4. The molecule has 1 rings (SSSR count). The summed E-state index contributed by atoms with van der Waals surface area (Å²) in [7, 11) is -1.88. The summed E-state index contributed by atoms with van der Waals surface area (Å²) in [6.07, 6.45) is 2.21. The minimum absolute atomic E-state index is 0.140. The fourth-order valence-corrected chi connectivity index (χ4v) is 2.74. The molecule has 0 fully saturated rings. The topological polar surface area (TPSA) is 73.2 Å². The molecule has 0 saturated heterocycles. The number of methoxy groups -OCH3 is 1. The van der Waals surface area contributed by atoms with E-state index in [0.29, 0.717) is 25.3 Å². The van der Waals surface area contributed by atoms with Gasteiger partial charge in [0.25, 0.3) is 0 Å². The van der Waals surface area contributed by atoms with Gasteiger partial charge in [-0.25, -0.2) is 13.1 Å². The molecule has 1 aromatic rings. The van der Waals surface area contributed by atoms with E-state index in [1.165, 1.54) is 0 Å². The third-order valence-electron chi connectivity index (χ3n) is 2.51. The van der Waals surface area contributed by atoms with Gasteiger partial charge in [-0.15, -0.1) is 0 Å². The minimum Gasteiger partial charge on any atom is -0.385 e. The quantitative estimate of drug-likeness (QED) is 0.756. The smallest absolute Gasteiger partial charge is 0.243 e. The maximum atomic E-state index is 12.0. The van der Waals surface area contributed by atoms with Crippen molar-refractivity contribution in [2.24, 2.45) is 0 Å². The van der Waals surface area contributed by atoms with E-state index in [0.717, 1.165) is 0 Å². The summed E-state index contributed by atoms with van der Waals surface area (Å²) >= 11 is 0. The van der Waals surface area contributed by atoms with Crippen LogP contribution >= 0.6 is 0 Å². The van der Waals surface area contributed by atoms with E-state index in [2.05, 4.69) is 9.82 Å². The average Bonchev–Trinajstić information content (AvgIpc) is 2.68. The molecule has 6 nitrogen and oxygen atoms in total. The van der Waals surface area contributed by atoms with Gasteiger partial charge in [0.2, 0.25) is 10.0 Å². The van der Waals surface area contributed by atoms with Crippen LogP contribution < -0.4 is 4.72 Å². The Morgan fingerprint density at radius 1 is 1.50 bits per heavy atom. The Kier molecular flexibility index (Phi) is 5.30. The molecular formula is C11H21N3O3S. The maximum absolute atomic E-state index is 12.0. The summed E-state index contributed by atoms with van der Waals surface area (Å²) in [4.78, 5) is 0.244. The van der Waals surface area contributed by atoms with E-state index in [1.807, 2.05) is 13.8 Å². The lowest BCUT2D eigenvalue weighted by molar-refractivity contribution is 0.196. The van der Waals surface area contributed by atoms with Gasteiger partial charge >= 0.3 is 0 Å². The Morgan fingerprint density at radius 2 is 2.17 bits per heavy atom. The molecule has 1 aromatic heterocycles. The Balaban J connectivity index is 2.78. The molecule has 1 N–H and O–H groups in total. The zero-order valence-electron chi connectivity index (χ0n) is 11.3. The number of nitrogens with zero attached hydrogens (tertiary/aromatic N) is 2. The SMILES string of the molecule is COCCCNS(=O)(=O)c1cn(C(C)C)nc1C. The van der Waals surface area contributed by atoms with Gasteiger partial charge in [0.05, 0.1) is 5.69 Å². The minimum atomic E-state index is -3.47. The summed E-state index contributed by atoms with van der Waals surface area (Å²) < 4.78 is 33.2. The molecule has 0 aliphatic rings. The predicted octanol–water partition coefficient (Wildman–Crippen LogP) is 1.09. The molecule has 0 aliphatic heterocycles. The Morgan fingerprint density at radius 3 is 2.67 bits per heavy atom. The van der Waals surface area contributed by atoms with Crippen molar-refractivity contribution < 1.29 is 13.2 Å². The van der Waals surface area contributed by atoms with Crippen molar-refractivity contribution in [1.29, 1.82) is 0 Å². The number of ether oxygens (including phenoxy) is 1. The van der Waals surface area contributed by atoms with Crippen molar-refractivity contribution >= 4 is 10.0 Å². The highest BCUT2D eigenvalue weighted by molar-refractivity contribution is 7.89. The van der Waals surface area contributed by atoms with Gasteiger partial charge in [-0.05, 0) is 27.2 Å². The fourth-order valence-electron chi connectivity index (χ4n) is 1.49. The van der Waals surface area contributed by atoms with E-state index in [-0.39, 0.29) is 10.9 Å². The number of aryl methyl sites for hydroxylation is 1. The van der Waals surface area contributed by atoms with Gasteiger partial charge in [0.15, 0.2) is 0 Å². The molecular weight excluding hydrogens is 254 g/mol. The monoisotopic (exact) mass is 275 g/mol. The zero-order chi connectivity index (χ0) is 13.8. The highest BCUT2D eigenvalue weighted by Gasteiger charge is 2.20. The Bertz CT molecular complexity index is 480. The normalized spacial score (nSPS) is 12.3. The third-order valence-corrected chi connectivity index (χ3v) is 4.07. The molecule has 1 heterocycles. The first kappa shape index (κ1) is 15.1. The van der Waals surface area contributed by atoms with Gasteiger partial charge in [-0.1, -0.05) is 0 Å². The maximum Gasteiger partial charge on any atom is 0.243 e. The molecule has 0 spiro atoms. The molecule has 0 aromatic carbocycles. The first-order valence-corrected chi connectivity index (χ1v) is 7.41. The largest absolute Gasteiger partial charge is 0.385 e. The molecule has 104 valence electrons.